The van der Waals surface area contributed by atoms with Gasteiger partial charge in [0.15, 0.2) is 6.10 Å². The summed E-state index contributed by atoms with van der Waals surface area (Å²) in [6, 6.07) is 15.1. The fraction of sp³-hybridized carbons (Fsp3) is 0.316. The topological polar surface area (TPSA) is 59.6 Å². The molecule has 0 bridgehead atoms. The minimum atomic E-state index is -0.943. The molecule has 3 N–H and O–H groups in total. The number of aliphatic imine (C=N–C) groups is 1. The second-order valence-corrected chi connectivity index (χ2v) is 5.94. The molecule has 7 heteroatoms. The number of hydrogen-bond donors (Lipinski definition) is 2. The minimum absolute atomic E-state index is 0. The van der Waals surface area contributed by atoms with Gasteiger partial charge in [0.1, 0.15) is 23.4 Å². The number of amidine groups is 1. The van der Waals surface area contributed by atoms with Gasteiger partial charge in [-0.1, -0.05) is 36.4 Å². The molecule has 3 rings (SSSR count). The Morgan fingerprint density at radius 3 is 2.65 bits per heavy atom. The minimum Gasteiger partial charge on any atom is -0.481 e. The van der Waals surface area contributed by atoms with Crippen molar-refractivity contribution in [2.75, 3.05) is 6.54 Å². The number of rotatable bonds is 6. The van der Waals surface area contributed by atoms with E-state index < -0.39 is 6.17 Å². The van der Waals surface area contributed by atoms with E-state index in [-0.39, 0.29) is 30.9 Å². The normalized spacial score (nSPS) is 16.2. The molecule has 4 nitrogen and oxygen atoms in total. The molecule has 2 atom stereocenters. The average molecular weight is 400 g/mol. The fourth-order valence-electron chi connectivity index (χ4n) is 2.63. The fourth-order valence-corrected chi connectivity index (χ4v) is 2.63. The number of fused-ring (bicyclic) bond motifs is 1. The third kappa shape index (κ3) is 5.59. The molecule has 0 spiro atoms. The standard InChI is InChI=1S/C19H22FN3O.2ClH/c1-13-19(21)23-17-11-14(7-8-18(17)24-13)12-22-10-9-16(20)15-5-3-2-4-6-15;;/h2-8,11,13,16,22H,9-10,12H2,1H3,(H2,21,23);2*1H/t13?,16-;;/m1../s1. The van der Waals surface area contributed by atoms with Crippen molar-refractivity contribution in [3.8, 4) is 5.75 Å². The van der Waals surface area contributed by atoms with Gasteiger partial charge in [-0.15, -0.1) is 24.8 Å². The van der Waals surface area contributed by atoms with Gasteiger partial charge in [-0.25, -0.2) is 9.38 Å². The van der Waals surface area contributed by atoms with Crippen LogP contribution in [0.25, 0.3) is 0 Å². The molecule has 0 aliphatic carbocycles. The van der Waals surface area contributed by atoms with Crippen molar-refractivity contribution in [1.29, 1.82) is 0 Å². The van der Waals surface area contributed by atoms with E-state index in [1.807, 2.05) is 55.5 Å². The van der Waals surface area contributed by atoms with Crippen LogP contribution in [-0.4, -0.2) is 18.5 Å². The average Bonchev–Trinajstić information content (AvgIpc) is 2.60. The molecule has 0 fully saturated rings. The highest BCUT2D eigenvalue weighted by Crippen LogP contribution is 2.32. The predicted octanol–water partition coefficient (Wildman–Crippen LogP) is 4.49. The van der Waals surface area contributed by atoms with E-state index in [0.29, 0.717) is 25.3 Å². The van der Waals surface area contributed by atoms with E-state index in [1.165, 1.54) is 0 Å². The van der Waals surface area contributed by atoms with Crippen LogP contribution in [-0.2, 0) is 6.54 Å². The molecule has 0 radical (unpaired) electrons. The van der Waals surface area contributed by atoms with Crippen molar-refractivity contribution in [3.63, 3.8) is 0 Å². The summed E-state index contributed by atoms with van der Waals surface area (Å²) >= 11 is 0. The zero-order chi connectivity index (χ0) is 16.9. The van der Waals surface area contributed by atoms with Crippen molar-refractivity contribution in [2.45, 2.75) is 32.2 Å². The Balaban J connectivity index is 0.00000169. The number of ether oxygens (including phenoxy) is 1. The Labute approximate surface area is 165 Å². The summed E-state index contributed by atoms with van der Waals surface area (Å²) in [4.78, 5) is 4.37. The lowest BCUT2D eigenvalue weighted by Gasteiger charge is -2.21. The van der Waals surface area contributed by atoms with Gasteiger partial charge in [-0.3, -0.25) is 0 Å². The number of hydrogen-bond acceptors (Lipinski definition) is 4. The second-order valence-electron chi connectivity index (χ2n) is 5.94. The summed E-state index contributed by atoms with van der Waals surface area (Å²) in [5.74, 6) is 1.23. The number of halogens is 3. The highest BCUT2D eigenvalue weighted by molar-refractivity contribution is 5.89. The number of alkyl halides is 1. The highest BCUT2D eigenvalue weighted by Gasteiger charge is 2.18. The largest absolute Gasteiger partial charge is 0.481 e. The smallest absolute Gasteiger partial charge is 0.153 e. The van der Waals surface area contributed by atoms with Crippen molar-refractivity contribution in [1.82, 2.24) is 5.32 Å². The summed E-state index contributed by atoms with van der Waals surface area (Å²) in [6.07, 6.45) is -0.691. The van der Waals surface area contributed by atoms with Crippen LogP contribution in [0.2, 0.25) is 0 Å². The predicted molar refractivity (Wildman–Crippen MR) is 109 cm³/mol. The first-order valence-electron chi connectivity index (χ1n) is 8.17. The number of benzene rings is 2. The van der Waals surface area contributed by atoms with E-state index in [1.54, 1.807) is 0 Å². The van der Waals surface area contributed by atoms with Crippen molar-refractivity contribution in [2.24, 2.45) is 10.7 Å². The van der Waals surface area contributed by atoms with Crippen LogP contribution in [0.4, 0.5) is 10.1 Å². The molecule has 0 aromatic heterocycles. The van der Waals surface area contributed by atoms with Crippen LogP contribution in [0.3, 0.4) is 0 Å². The molecule has 0 saturated carbocycles. The first kappa shape index (κ1) is 22.2. The van der Waals surface area contributed by atoms with Gasteiger partial charge >= 0.3 is 0 Å². The van der Waals surface area contributed by atoms with Crippen molar-refractivity contribution >= 4 is 36.3 Å². The van der Waals surface area contributed by atoms with Gasteiger partial charge in [-0.2, -0.15) is 0 Å². The van der Waals surface area contributed by atoms with E-state index in [4.69, 9.17) is 10.5 Å². The number of nitrogens with one attached hydrogen (secondary N) is 1. The molecule has 0 amide bonds. The first-order chi connectivity index (χ1) is 11.6. The Kier molecular flexibility index (Phi) is 8.85. The van der Waals surface area contributed by atoms with Gasteiger partial charge in [0.2, 0.25) is 0 Å². The molecule has 2 aromatic rings. The lowest BCUT2D eigenvalue weighted by molar-refractivity contribution is 0.281. The van der Waals surface area contributed by atoms with Gasteiger partial charge in [0, 0.05) is 6.54 Å². The lowest BCUT2D eigenvalue weighted by Crippen LogP contribution is -2.33. The van der Waals surface area contributed by atoms with Gasteiger partial charge in [0.05, 0.1) is 0 Å². The summed E-state index contributed by atoms with van der Waals surface area (Å²) < 4.78 is 19.8. The SMILES string of the molecule is CC1Oc2ccc(CNCC[C@@H](F)c3ccccc3)cc2N=C1N.Cl.Cl. The van der Waals surface area contributed by atoms with Gasteiger partial charge in [-0.05, 0) is 43.1 Å². The summed E-state index contributed by atoms with van der Waals surface area (Å²) in [7, 11) is 0. The van der Waals surface area contributed by atoms with Crippen LogP contribution in [0.1, 0.15) is 30.6 Å². The molecule has 0 saturated heterocycles. The van der Waals surface area contributed by atoms with E-state index in [2.05, 4.69) is 10.3 Å². The highest BCUT2D eigenvalue weighted by atomic mass is 35.5. The summed E-state index contributed by atoms with van der Waals surface area (Å²) in [6.45, 7) is 3.13. The number of nitrogens with two attached hydrogens (primary N) is 1. The zero-order valence-electron chi connectivity index (χ0n) is 14.5. The Morgan fingerprint density at radius 2 is 1.92 bits per heavy atom. The molecular formula is C19H24Cl2FN3O. The van der Waals surface area contributed by atoms with Crippen LogP contribution in [0.5, 0.6) is 5.75 Å². The van der Waals surface area contributed by atoms with Gasteiger partial charge < -0.3 is 15.8 Å². The zero-order valence-corrected chi connectivity index (χ0v) is 16.2. The lowest BCUT2D eigenvalue weighted by atomic mass is 10.1. The second kappa shape index (κ2) is 10.4. The molecule has 2 aromatic carbocycles. The monoisotopic (exact) mass is 399 g/mol. The first-order valence-corrected chi connectivity index (χ1v) is 8.17. The third-order valence-corrected chi connectivity index (χ3v) is 4.06. The van der Waals surface area contributed by atoms with E-state index >= 15 is 0 Å². The number of nitrogens with zero attached hydrogens (tertiary/aromatic N) is 1. The van der Waals surface area contributed by atoms with E-state index in [9.17, 15) is 4.39 Å². The summed E-state index contributed by atoms with van der Waals surface area (Å²) in [5, 5.41) is 3.27. The third-order valence-electron chi connectivity index (χ3n) is 4.06. The van der Waals surface area contributed by atoms with Crippen molar-refractivity contribution < 1.29 is 9.13 Å². The quantitative estimate of drug-likeness (QED) is 0.703. The molecular weight excluding hydrogens is 376 g/mol. The van der Waals surface area contributed by atoms with Crippen molar-refractivity contribution in [3.05, 3.63) is 59.7 Å². The summed E-state index contributed by atoms with van der Waals surface area (Å²) in [5.41, 5.74) is 8.36. The maximum Gasteiger partial charge on any atom is 0.153 e. The van der Waals surface area contributed by atoms with Crippen LogP contribution < -0.4 is 15.8 Å². The Bertz CT molecular complexity index is 728. The van der Waals surface area contributed by atoms with Crippen LogP contribution in [0.15, 0.2) is 53.5 Å². The molecule has 26 heavy (non-hydrogen) atoms. The maximum atomic E-state index is 14.1. The Morgan fingerprint density at radius 1 is 1.19 bits per heavy atom. The Hall–Kier alpha value is -1.82. The van der Waals surface area contributed by atoms with E-state index in [0.717, 1.165) is 22.6 Å². The molecule has 1 aliphatic heterocycles. The van der Waals surface area contributed by atoms with Gasteiger partial charge in [0.25, 0.3) is 0 Å². The molecule has 1 aliphatic rings. The van der Waals surface area contributed by atoms with Crippen LogP contribution in [0, 0.1) is 0 Å². The van der Waals surface area contributed by atoms with Crippen LogP contribution >= 0.6 is 24.8 Å². The molecule has 142 valence electrons. The molecule has 1 heterocycles. The molecule has 1 unspecified atom stereocenters. The maximum absolute atomic E-state index is 14.1.